The van der Waals surface area contributed by atoms with Gasteiger partial charge in [-0.2, -0.15) is 0 Å². The normalized spacial score (nSPS) is 19.0. The third kappa shape index (κ3) is 4.00. The zero-order chi connectivity index (χ0) is 23.3. The first-order valence-electron chi connectivity index (χ1n) is 10.4. The van der Waals surface area contributed by atoms with Gasteiger partial charge in [0.1, 0.15) is 6.04 Å². The van der Waals surface area contributed by atoms with Gasteiger partial charge in [-0.15, -0.1) is 0 Å². The summed E-state index contributed by atoms with van der Waals surface area (Å²) in [6, 6.07) is 10.8. The van der Waals surface area contributed by atoms with Gasteiger partial charge in [0.05, 0.1) is 10.6 Å². The molecule has 9 heteroatoms. The number of rotatable bonds is 4. The van der Waals surface area contributed by atoms with Crippen molar-refractivity contribution in [2.75, 3.05) is 4.72 Å². The standard InChI is InChI=1S/C23H25N3O5S/c1-23(2,3)14-7-9-15(10-8-14)32(30,31)25-18-6-4-5-16-17(18)13-26(22(16)29)19-11-12-20(27)24-21(19)28/h4-10,19,25H,11-13H2,1-3H3,(H,24,27,28). The van der Waals surface area contributed by atoms with Gasteiger partial charge < -0.3 is 4.90 Å². The number of fused-ring (bicyclic) bond motifs is 1. The number of hydrogen-bond acceptors (Lipinski definition) is 5. The molecule has 1 unspecified atom stereocenters. The Morgan fingerprint density at radius 3 is 2.34 bits per heavy atom. The molecule has 1 atom stereocenters. The molecule has 0 spiro atoms. The molecule has 8 nitrogen and oxygen atoms in total. The van der Waals surface area contributed by atoms with E-state index in [0.29, 0.717) is 16.8 Å². The van der Waals surface area contributed by atoms with Gasteiger partial charge in [-0.3, -0.25) is 24.4 Å². The van der Waals surface area contributed by atoms with Crippen molar-refractivity contribution in [1.29, 1.82) is 0 Å². The Morgan fingerprint density at radius 1 is 1.03 bits per heavy atom. The molecule has 0 aromatic heterocycles. The quantitative estimate of drug-likeness (QED) is 0.688. The van der Waals surface area contributed by atoms with Gasteiger partial charge in [0.2, 0.25) is 11.8 Å². The van der Waals surface area contributed by atoms with E-state index in [0.717, 1.165) is 5.56 Å². The monoisotopic (exact) mass is 455 g/mol. The number of piperidine rings is 1. The van der Waals surface area contributed by atoms with Crippen molar-refractivity contribution in [1.82, 2.24) is 10.2 Å². The lowest BCUT2D eigenvalue weighted by molar-refractivity contribution is -0.136. The number of amides is 3. The first-order valence-corrected chi connectivity index (χ1v) is 11.9. The van der Waals surface area contributed by atoms with Gasteiger partial charge in [0.15, 0.2) is 0 Å². The minimum atomic E-state index is -3.88. The Kier molecular flexibility index (Phi) is 5.32. The summed E-state index contributed by atoms with van der Waals surface area (Å²) < 4.78 is 28.6. The number of carbonyl (C=O) groups is 3. The highest BCUT2D eigenvalue weighted by atomic mass is 32.2. The SMILES string of the molecule is CC(C)(C)c1ccc(S(=O)(=O)Nc2cccc3c2CN(C2CCC(=O)NC2=O)C3=O)cc1. The molecule has 2 N–H and O–H groups in total. The Balaban J connectivity index is 1.60. The van der Waals surface area contributed by atoms with Crippen LogP contribution in [0.25, 0.3) is 0 Å². The first-order chi connectivity index (χ1) is 15.0. The zero-order valence-electron chi connectivity index (χ0n) is 18.1. The second-order valence-corrected chi connectivity index (χ2v) is 10.8. The third-order valence-electron chi connectivity index (χ3n) is 5.86. The fourth-order valence-corrected chi connectivity index (χ4v) is 5.11. The molecule has 2 aromatic rings. The maximum Gasteiger partial charge on any atom is 0.261 e. The number of carbonyl (C=O) groups excluding carboxylic acids is 3. The van der Waals surface area contributed by atoms with Crippen LogP contribution in [0.15, 0.2) is 47.4 Å². The molecule has 0 radical (unpaired) electrons. The van der Waals surface area contributed by atoms with E-state index in [9.17, 15) is 22.8 Å². The minimum absolute atomic E-state index is 0.0854. The minimum Gasteiger partial charge on any atom is -0.322 e. The van der Waals surface area contributed by atoms with E-state index >= 15 is 0 Å². The average Bonchev–Trinajstić information content (AvgIpc) is 3.05. The fourth-order valence-electron chi connectivity index (χ4n) is 4.02. The molecule has 0 bridgehead atoms. The number of nitrogens with one attached hydrogen (secondary N) is 2. The summed E-state index contributed by atoms with van der Waals surface area (Å²) in [6.45, 7) is 6.23. The maximum absolute atomic E-state index is 13.0. The lowest BCUT2D eigenvalue weighted by atomic mass is 9.87. The number of hydrogen-bond donors (Lipinski definition) is 2. The van der Waals surface area contributed by atoms with Crippen LogP contribution in [-0.4, -0.2) is 37.1 Å². The van der Waals surface area contributed by atoms with Crippen LogP contribution in [-0.2, 0) is 31.6 Å². The largest absolute Gasteiger partial charge is 0.322 e. The Hall–Kier alpha value is -3.20. The lowest BCUT2D eigenvalue weighted by Crippen LogP contribution is -2.52. The molecule has 0 aliphatic carbocycles. The van der Waals surface area contributed by atoms with Crippen molar-refractivity contribution in [3.8, 4) is 0 Å². The lowest BCUT2D eigenvalue weighted by Gasteiger charge is -2.29. The van der Waals surface area contributed by atoms with Crippen molar-refractivity contribution >= 4 is 33.4 Å². The highest BCUT2D eigenvalue weighted by Crippen LogP contribution is 2.33. The smallest absolute Gasteiger partial charge is 0.261 e. The molecule has 2 aromatic carbocycles. The number of nitrogens with zero attached hydrogens (tertiary/aromatic N) is 1. The van der Waals surface area contributed by atoms with Crippen LogP contribution in [0.3, 0.4) is 0 Å². The molecule has 1 saturated heterocycles. The van der Waals surface area contributed by atoms with Crippen LogP contribution < -0.4 is 10.0 Å². The second kappa shape index (κ2) is 7.74. The molecule has 2 heterocycles. The summed E-state index contributed by atoms with van der Waals surface area (Å²) in [7, 11) is -3.88. The van der Waals surface area contributed by atoms with E-state index in [1.807, 2.05) is 20.8 Å². The second-order valence-electron chi connectivity index (χ2n) is 9.11. The zero-order valence-corrected chi connectivity index (χ0v) is 19.0. The van der Waals surface area contributed by atoms with Gasteiger partial charge in [0.25, 0.3) is 15.9 Å². The summed E-state index contributed by atoms with van der Waals surface area (Å²) in [5, 5.41) is 2.26. The summed E-state index contributed by atoms with van der Waals surface area (Å²) in [5.74, 6) is -1.23. The van der Waals surface area contributed by atoms with E-state index in [2.05, 4.69) is 10.0 Å². The van der Waals surface area contributed by atoms with Crippen LogP contribution in [0, 0.1) is 0 Å². The van der Waals surface area contributed by atoms with Crippen LogP contribution in [0.4, 0.5) is 5.69 Å². The van der Waals surface area contributed by atoms with Crippen molar-refractivity contribution in [3.63, 3.8) is 0 Å². The van der Waals surface area contributed by atoms with Crippen molar-refractivity contribution in [3.05, 3.63) is 59.2 Å². The number of benzene rings is 2. The van der Waals surface area contributed by atoms with Crippen molar-refractivity contribution in [2.24, 2.45) is 0 Å². The van der Waals surface area contributed by atoms with Gasteiger partial charge in [-0.05, 0) is 41.7 Å². The van der Waals surface area contributed by atoms with Crippen LogP contribution >= 0.6 is 0 Å². The number of sulfonamides is 1. The maximum atomic E-state index is 13.0. The third-order valence-corrected chi connectivity index (χ3v) is 7.24. The molecule has 2 aliphatic heterocycles. The molecule has 32 heavy (non-hydrogen) atoms. The first kappa shape index (κ1) is 22.0. The topological polar surface area (TPSA) is 113 Å². The Labute approximate surface area is 187 Å². The van der Waals surface area contributed by atoms with Gasteiger partial charge >= 0.3 is 0 Å². The van der Waals surface area contributed by atoms with E-state index in [1.54, 1.807) is 42.5 Å². The predicted molar refractivity (Wildman–Crippen MR) is 118 cm³/mol. The molecule has 1 fully saturated rings. The summed E-state index contributed by atoms with van der Waals surface area (Å²) in [5.41, 5.74) is 2.07. The Bertz CT molecular complexity index is 1210. The van der Waals surface area contributed by atoms with E-state index in [-0.39, 0.29) is 41.5 Å². The van der Waals surface area contributed by atoms with Gasteiger partial charge in [0, 0.05) is 24.1 Å². The van der Waals surface area contributed by atoms with Crippen LogP contribution in [0.2, 0.25) is 0 Å². The summed E-state index contributed by atoms with van der Waals surface area (Å²) >= 11 is 0. The number of anilines is 1. The number of imide groups is 1. The molecule has 0 saturated carbocycles. The molecular formula is C23H25N3O5S. The molecule has 3 amide bonds. The summed E-state index contributed by atoms with van der Waals surface area (Å²) in [4.78, 5) is 38.1. The van der Waals surface area contributed by atoms with Crippen LogP contribution in [0.1, 0.15) is 55.1 Å². The summed E-state index contributed by atoms with van der Waals surface area (Å²) in [6.07, 6.45) is 0.395. The van der Waals surface area contributed by atoms with Crippen molar-refractivity contribution < 1.29 is 22.8 Å². The van der Waals surface area contributed by atoms with Gasteiger partial charge in [-0.1, -0.05) is 39.0 Å². The molecule has 168 valence electrons. The predicted octanol–water partition coefficient (Wildman–Crippen LogP) is 2.55. The molecule has 4 rings (SSSR count). The fraction of sp³-hybridized carbons (Fsp3) is 0.348. The molecule has 2 aliphatic rings. The van der Waals surface area contributed by atoms with Crippen molar-refractivity contribution in [2.45, 2.75) is 56.5 Å². The van der Waals surface area contributed by atoms with Crippen LogP contribution in [0.5, 0.6) is 0 Å². The highest BCUT2D eigenvalue weighted by Gasteiger charge is 2.40. The Morgan fingerprint density at radius 2 is 1.72 bits per heavy atom. The highest BCUT2D eigenvalue weighted by molar-refractivity contribution is 7.92. The van der Waals surface area contributed by atoms with E-state index in [1.165, 1.54) is 4.90 Å². The van der Waals surface area contributed by atoms with E-state index < -0.39 is 22.0 Å². The van der Waals surface area contributed by atoms with E-state index in [4.69, 9.17) is 0 Å². The van der Waals surface area contributed by atoms with Gasteiger partial charge in [-0.25, -0.2) is 8.42 Å². The average molecular weight is 456 g/mol. The molecular weight excluding hydrogens is 430 g/mol.